The molecule has 2 aromatic carbocycles. The average molecular weight is 434 g/mol. The van der Waals surface area contributed by atoms with E-state index in [9.17, 15) is 9.59 Å². The summed E-state index contributed by atoms with van der Waals surface area (Å²) in [5.41, 5.74) is 2.15. The zero-order valence-electron chi connectivity index (χ0n) is 17.9. The second-order valence-electron chi connectivity index (χ2n) is 7.12. The molecule has 0 spiro atoms. The van der Waals surface area contributed by atoms with Gasteiger partial charge in [0.1, 0.15) is 0 Å². The van der Waals surface area contributed by atoms with Crippen LogP contribution in [0.1, 0.15) is 36.8 Å². The molecule has 3 aromatic rings. The number of hydrazone groups is 1. The summed E-state index contributed by atoms with van der Waals surface area (Å²) < 4.78 is 18.6. The van der Waals surface area contributed by atoms with Crippen LogP contribution in [-0.4, -0.2) is 39.7 Å². The Morgan fingerprint density at radius 3 is 2.62 bits per heavy atom. The number of methoxy groups -OCH3 is 1. The Hall–Kier alpha value is -4.14. The number of nitrogens with zero attached hydrogens (tertiary/aromatic N) is 4. The first-order valence-corrected chi connectivity index (χ1v) is 9.93. The molecule has 1 aromatic heterocycles. The van der Waals surface area contributed by atoms with Gasteiger partial charge in [-0.05, 0) is 35.9 Å². The fourth-order valence-electron chi connectivity index (χ4n) is 3.41. The lowest BCUT2D eigenvalue weighted by Crippen LogP contribution is -2.26. The SMILES string of the molecule is COc1cccc(C2OC(c3cccc(Cn4cccn4)c3)=NN2C(C)=O)c1OC(C)=O. The summed E-state index contributed by atoms with van der Waals surface area (Å²) in [6, 6.07) is 14.6. The molecule has 1 aliphatic rings. The van der Waals surface area contributed by atoms with Crippen molar-refractivity contribution in [1.29, 1.82) is 0 Å². The molecule has 1 atom stereocenters. The van der Waals surface area contributed by atoms with Crippen molar-refractivity contribution >= 4 is 17.8 Å². The summed E-state index contributed by atoms with van der Waals surface area (Å²) in [4.78, 5) is 24.0. The van der Waals surface area contributed by atoms with Crippen LogP contribution in [0.15, 0.2) is 66.0 Å². The molecule has 4 rings (SSSR count). The maximum atomic E-state index is 12.4. The summed E-state index contributed by atoms with van der Waals surface area (Å²) in [5.74, 6) is -0.0314. The Bertz CT molecular complexity index is 1170. The van der Waals surface area contributed by atoms with Gasteiger partial charge in [0.25, 0.3) is 0 Å². The van der Waals surface area contributed by atoms with E-state index >= 15 is 0 Å². The van der Waals surface area contributed by atoms with Crippen molar-refractivity contribution in [1.82, 2.24) is 14.8 Å². The third-order valence-corrected chi connectivity index (χ3v) is 4.79. The van der Waals surface area contributed by atoms with Crippen LogP contribution >= 0.6 is 0 Å². The fraction of sp³-hybridized carbons (Fsp3) is 0.217. The molecule has 9 heteroatoms. The highest BCUT2D eigenvalue weighted by molar-refractivity contribution is 5.96. The minimum absolute atomic E-state index is 0.183. The van der Waals surface area contributed by atoms with E-state index in [1.165, 1.54) is 26.0 Å². The lowest BCUT2D eigenvalue weighted by Gasteiger charge is -2.22. The first-order chi connectivity index (χ1) is 15.5. The molecule has 0 aliphatic carbocycles. The maximum absolute atomic E-state index is 12.4. The van der Waals surface area contributed by atoms with Crippen molar-refractivity contribution in [3.8, 4) is 11.5 Å². The lowest BCUT2D eigenvalue weighted by molar-refractivity contribution is -0.135. The van der Waals surface area contributed by atoms with Gasteiger partial charge in [-0.1, -0.05) is 18.2 Å². The smallest absolute Gasteiger partial charge is 0.308 e. The summed E-state index contributed by atoms with van der Waals surface area (Å²) in [7, 11) is 1.47. The quantitative estimate of drug-likeness (QED) is 0.437. The zero-order valence-corrected chi connectivity index (χ0v) is 17.9. The standard InChI is InChI=1S/C23H22N4O5/c1-15(28)27-23(19-9-5-10-20(30-3)21(19)31-16(2)29)32-22(25-27)18-8-4-7-17(13-18)14-26-12-6-11-24-26/h4-13,23H,14H2,1-3H3. The Morgan fingerprint density at radius 2 is 1.94 bits per heavy atom. The number of para-hydroxylation sites is 1. The summed E-state index contributed by atoms with van der Waals surface area (Å²) >= 11 is 0. The first-order valence-electron chi connectivity index (χ1n) is 9.93. The van der Waals surface area contributed by atoms with E-state index in [0.29, 0.717) is 23.4 Å². The number of benzene rings is 2. The van der Waals surface area contributed by atoms with E-state index in [-0.39, 0.29) is 17.6 Å². The number of hydrogen-bond acceptors (Lipinski definition) is 7. The van der Waals surface area contributed by atoms with E-state index in [1.807, 2.05) is 41.2 Å². The van der Waals surface area contributed by atoms with Crippen LogP contribution in [0, 0.1) is 0 Å². The maximum Gasteiger partial charge on any atom is 0.308 e. The molecule has 2 heterocycles. The second-order valence-corrected chi connectivity index (χ2v) is 7.12. The van der Waals surface area contributed by atoms with E-state index in [0.717, 1.165) is 5.56 Å². The lowest BCUT2D eigenvalue weighted by atomic mass is 10.1. The highest BCUT2D eigenvalue weighted by atomic mass is 16.6. The number of carbonyl (C=O) groups is 2. The molecular weight excluding hydrogens is 412 g/mol. The fourth-order valence-corrected chi connectivity index (χ4v) is 3.41. The third kappa shape index (κ3) is 4.31. The van der Waals surface area contributed by atoms with E-state index < -0.39 is 12.2 Å². The molecule has 9 nitrogen and oxygen atoms in total. The van der Waals surface area contributed by atoms with Crippen LogP contribution in [0.2, 0.25) is 0 Å². The van der Waals surface area contributed by atoms with E-state index in [1.54, 1.807) is 24.4 Å². The molecule has 1 amide bonds. The molecule has 164 valence electrons. The average Bonchev–Trinajstić information content (AvgIpc) is 3.44. The van der Waals surface area contributed by atoms with Gasteiger partial charge >= 0.3 is 5.97 Å². The van der Waals surface area contributed by atoms with Crippen LogP contribution in [0.5, 0.6) is 11.5 Å². The van der Waals surface area contributed by atoms with Crippen LogP contribution < -0.4 is 9.47 Å². The molecule has 1 aliphatic heterocycles. The van der Waals surface area contributed by atoms with Crippen LogP contribution in [0.3, 0.4) is 0 Å². The van der Waals surface area contributed by atoms with Gasteiger partial charge in [0.2, 0.25) is 18.0 Å². The van der Waals surface area contributed by atoms with Gasteiger partial charge in [0.05, 0.1) is 19.2 Å². The Balaban J connectivity index is 1.67. The van der Waals surface area contributed by atoms with E-state index in [2.05, 4.69) is 10.2 Å². The van der Waals surface area contributed by atoms with Crippen molar-refractivity contribution < 1.29 is 23.8 Å². The number of rotatable bonds is 6. The van der Waals surface area contributed by atoms with E-state index in [4.69, 9.17) is 14.2 Å². The predicted molar refractivity (Wildman–Crippen MR) is 115 cm³/mol. The van der Waals surface area contributed by atoms with Gasteiger partial charge in [-0.15, -0.1) is 5.10 Å². The minimum atomic E-state index is -0.915. The molecule has 0 radical (unpaired) electrons. The number of amides is 1. The minimum Gasteiger partial charge on any atom is -0.493 e. The van der Waals surface area contributed by atoms with Gasteiger partial charge in [0, 0.05) is 31.8 Å². The summed E-state index contributed by atoms with van der Waals surface area (Å²) in [6.45, 7) is 3.27. The Labute approximate surface area is 184 Å². The van der Waals surface area contributed by atoms with Crippen LogP contribution in [0.25, 0.3) is 0 Å². The largest absolute Gasteiger partial charge is 0.493 e. The van der Waals surface area contributed by atoms with Crippen molar-refractivity contribution in [3.05, 3.63) is 77.6 Å². The zero-order chi connectivity index (χ0) is 22.7. The summed E-state index contributed by atoms with van der Waals surface area (Å²) in [6.07, 6.45) is 2.68. The highest BCUT2D eigenvalue weighted by Crippen LogP contribution is 2.40. The number of esters is 1. The van der Waals surface area contributed by atoms with Gasteiger partial charge in [-0.25, -0.2) is 0 Å². The van der Waals surface area contributed by atoms with Crippen molar-refractivity contribution in [2.75, 3.05) is 7.11 Å². The monoisotopic (exact) mass is 434 g/mol. The van der Waals surface area contributed by atoms with Gasteiger partial charge in [-0.2, -0.15) is 10.1 Å². The summed E-state index contributed by atoms with van der Waals surface area (Å²) in [5, 5.41) is 9.85. The molecule has 32 heavy (non-hydrogen) atoms. The van der Waals surface area contributed by atoms with Crippen molar-refractivity contribution in [3.63, 3.8) is 0 Å². The normalized spacial score (nSPS) is 15.2. The molecular formula is C23H22N4O5. The molecule has 0 N–H and O–H groups in total. The Morgan fingerprint density at radius 1 is 1.12 bits per heavy atom. The van der Waals surface area contributed by atoms with Gasteiger partial charge < -0.3 is 14.2 Å². The number of carbonyl (C=O) groups excluding carboxylic acids is 2. The number of ether oxygens (including phenoxy) is 3. The van der Waals surface area contributed by atoms with Crippen molar-refractivity contribution in [2.45, 2.75) is 26.6 Å². The highest BCUT2D eigenvalue weighted by Gasteiger charge is 2.36. The topological polar surface area (TPSA) is 95.2 Å². The number of aromatic nitrogens is 2. The molecule has 0 fully saturated rings. The Kier molecular flexibility index (Phi) is 5.89. The van der Waals surface area contributed by atoms with Crippen LogP contribution in [0.4, 0.5) is 0 Å². The van der Waals surface area contributed by atoms with Crippen molar-refractivity contribution in [2.24, 2.45) is 5.10 Å². The predicted octanol–water partition coefficient (Wildman–Crippen LogP) is 3.10. The molecule has 0 saturated heterocycles. The van der Waals surface area contributed by atoms with Gasteiger partial charge in [0.15, 0.2) is 11.5 Å². The second kappa shape index (κ2) is 8.93. The third-order valence-electron chi connectivity index (χ3n) is 4.79. The van der Waals surface area contributed by atoms with Crippen LogP contribution in [-0.2, 0) is 20.9 Å². The molecule has 1 unspecified atom stereocenters. The first kappa shape index (κ1) is 21.1. The molecule has 0 bridgehead atoms. The van der Waals surface area contributed by atoms with Gasteiger partial charge in [-0.3, -0.25) is 14.3 Å². The molecule has 0 saturated carbocycles. The number of hydrogen-bond donors (Lipinski definition) is 0.